The highest BCUT2D eigenvalue weighted by Gasteiger charge is 2.70. The Labute approximate surface area is 207 Å². The summed E-state index contributed by atoms with van der Waals surface area (Å²) in [7, 11) is 0. The molecule has 0 aliphatic heterocycles. The van der Waals surface area contributed by atoms with Gasteiger partial charge in [0.2, 0.25) is 0 Å². The van der Waals surface area contributed by atoms with E-state index in [0.29, 0.717) is 27.1 Å². The van der Waals surface area contributed by atoms with Crippen molar-refractivity contribution in [1.82, 2.24) is 0 Å². The molecule has 10 atom stereocenters. The Balaban J connectivity index is 1.45. The standard InChI is InChI=1S/C33H58/c1-9-10-12-23(2)24-15-20-30(5)25(24)16-21-32(7)27(30)13-14-28-31(6)19-11-18-29(3,4)26(31)17-22-33(28,32)8/h23-28H,9-22H2,1-8H3/t23-,24+,25?,26?,27?,28?,30+,31?,32?,33?/m1/s1. The van der Waals surface area contributed by atoms with Gasteiger partial charge in [0, 0.05) is 0 Å². The van der Waals surface area contributed by atoms with Gasteiger partial charge in [-0.2, -0.15) is 0 Å². The first-order valence-corrected chi connectivity index (χ1v) is 15.4. The first-order valence-electron chi connectivity index (χ1n) is 15.4. The minimum Gasteiger partial charge on any atom is -0.0654 e. The predicted octanol–water partition coefficient (Wildman–Crippen LogP) is 10.3. The van der Waals surface area contributed by atoms with Gasteiger partial charge >= 0.3 is 0 Å². The smallest absolute Gasteiger partial charge is 0.0235 e. The van der Waals surface area contributed by atoms with Crippen molar-refractivity contribution in [3.8, 4) is 0 Å². The van der Waals surface area contributed by atoms with Gasteiger partial charge in [0.15, 0.2) is 0 Å². The van der Waals surface area contributed by atoms with Crippen molar-refractivity contribution < 1.29 is 0 Å². The molecule has 7 unspecified atom stereocenters. The molecule has 0 radical (unpaired) electrons. The third-order valence-corrected chi connectivity index (χ3v) is 14.5. The molecule has 5 rings (SSSR count). The summed E-state index contributed by atoms with van der Waals surface area (Å²) in [5.74, 6) is 5.88. The van der Waals surface area contributed by atoms with Crippen LogP contribution in [-0.2, 0) is 0 Å². The lowest BCUT2D eigenvalue weighted by Crippen LogP contribution is -2.65. The molecule has 33 heavy (non-hydrogen) atoms. The maximum atomic E-state index is 2.83. The molecule has 0 N–H and O–H groups in total. The molecular weight excluding hydrogens is 396 g/mol. The van der Waals surface area contributed by atoms with Crippen molar-refractivity contribution >= 4 is 0 Å². The van der Waals surface area contributed by atoms with Gasteiger partial charge in [-0.3, -0.25) is 0 Å². The highest BCUT2D eigenvalue weighted by atomic mass is 14.7. The molecule has 0 aromatic heterocycles. The van der Waals surface area contributed by atoms with Crippen LogP contribution in [0.15, 0.2) is 0 Å². The molecule has 0 amide bonds. The molecular formula is C33H58. The topological polar surface area (TPSA) is 0 Å². The molecule has 0 aromatic rings. The number of rotatable bonds is 4. The summed E-state index contributed by atoms with van der Waals surface area (Å²) >= 11 is 0. The summed E-state index contributed by atoms with van der Waals surface area (Å²) in [6.45, 7) is 21.5. The van der Waals surface area contributed by atoms with E-state index >= 15 is 0 Å². The Kier molecular flexibility index (Phi) is 5.98. The van der Waals surface area contributed by atoms with Crippen molar-refractivity contribution in [2.45, 2.75) is 145 Å². The Bertz CT molecular complexity index is 734. The fraction of sp³-hybridized carbons (Fsp3) is 1.00. The van der Waals surface area contributed by atoms with E-state index in [2.05, 4.69) is 55.4 Å². The number of fused-ring (bicyclic) bond motifs is 7. The maximum Gasteiger partial charge on any atom is -0.0235 e. The molecule has 0 saturated heterocycles. The lowest BCUT2D eigenvalue weighted by atomic mass is 9.32. The fourth-order valence-electron chi connectivity index (χ4n) is 12.8. The van der Waals surface area contributed by atoms with Crippen molar-refractivity contribution in [2.24, 2.45) is 62.6 Å². The van der Waals surface area contributed by atoms with Crippen LogP contribution >= 0.6 is 0 Å². The minimum absolute atomic E-state index is 0.559. The van der Waals surface area contributed by atoms with Crippen molar-refractivity contribution in [2.75, 3.05) is 0 Å². The first-order chi connectivity index (χ1) is 15.4. The van der Waals surface area contributed by atoms with E-state index < -0.39 is 0 Å². The van der Waals surface area contributed by atoms with E-state index in [0.717, 1.165) is 35.5 Å². The van der Waals surface area contributed by atoms with Crippen LogP contribution in [0, 0.1) is 62.6 Å². The number of hydrogen-bond acceptors (Lipinski definition) is 0. The summed E-state index contributed by atoms with van der Waals surface area (Å²) in [6.07, 6.45) is 21.0. The molecule has 5 aliphatic carbocycles. The third-order valence-electron chi connectivity index (χ3n) is 14.5. The summed E-state index contributed by atoms with van der Waals surface area (Å²) in [5.41, 5.74) is 2.90. The molecule has 0 aromatic carbocycles. The minimum atomic E-state index is 0.559. The monoisotopic (exact) mass is 454 g/mol. The van der Waals surface area contributed by atoms with Gasteiger partial charge in [-0.25, -0.2) is 0 Å². The Hall–Kier alpha value is 0. The van der Waals surface area contributed by atoms with Crippen LogP contribution in [0.2, 0.25) is 0 Å². The quantitative estimate of drug-likeness (QED) is 0.396. The zero-order chi connectivity index (χ0) is 23.9. The average Bonchev–Trinajstić information content (AvgIpc) is 3.09. The molecule has 0 heterocycles. The van der Waals surface area contributed by atoms with Crippen molar-refractivity contribution in [3.63, 3.8) is 0 Å². The lowest BCUT2D eigenvalue weighted by Gasteiger charge is -2.73. The van der Waals surface area contributed by atoms with Gasteiger partial charge in [0.1, 0.15) is 0 Å². The SMILES string of the molecule is CCCC[C@@H](C)[C@@H]1CC[C@@]2(C)C1CCC1(C)C2CCC2C3(C)CCCC(C)(C)C3CCC21C. The zero-order valence-corrected chi connectivity index (χ0v) is 23.9. The highest BCUT2D eigenvalue weighted by Crippen LogP contribution is 2.78. The largest absolute Gasteiger partial charge is 0.0654 e. The molecule has 5 aliphatic rings. The Morgan fingerprint density at radius 1 is 0.667 bits per heavy atom. The second kappa shape index (κ2) is 8.00. The van der Waals surface area contributed by atoms with E-state index in [-0.39, 0.29) is 0 Å². The van der Waals surface area contributed by atoms with E-state index in [1.165, 1.54) is 77.0 Å². The van der Waals surface area contributed by atoms with E-state index in [1.54, 1.807) is 12.8 Å². The Morgan fingerprint density at radius 2 is 1.30 bits per heavy atom. The van der Waals surface area contributed by atoms with E-state index in [1.807, 2.05) is 0 Å². The van der Waals surface area contributed by atoms with Gasteiger partial charge < -0.3 is 0 Å². The van der Waals surface area contributed by atoms with Crippen LogP contribution in [0.5, 0.6) is 0 Å². The molecule has 0 spiro atoms. The molecule has 0 nitrogen and oxygen atoms in total. The molecule has 5 saturated carbocycles. The van der Waals surface area contributed by atoms with Gasteiger partial charge in [0.05, 0.1) is 0 Å². The normalized spacial score (nSPS) is 54.0. The highest BCUT2D eigenvalue weighted by molar-refractivity contribution is 5.19. The van der Waals surface area contributed by atoms with Gasteiger partial charge in [0.25, 0.3) is 0 Å². The average molecular weight is 455 g/mol. The van der Waals surface area contributed by atoms with E-state index in [9.17, 15) is 0 Å². The van der Waals surface area contributed by atoms with Crippen LogP contribution in [-0.4, -0.2) is 0 Å². The summed E-state index contributed by atoms with van der Waals surface area (Å²) in [6, 6.07) is 0. The summed E-state index contributed by atoms with van der Waals surface area (Å²) in [4.78, 5) is 0. The first kappa shape index (κ1) is 24.7. The summed E-state index contributed by atoms with van der Waals surface area (Å²) in [5, 5.41) is 0. The molecule has 0 heteroatoms. The van der Waals surface area contributed by atoms with Crippen LogP contribution in [0.1, 0.15) is 145 Å². The maximum absolute atomic E-state index is 2.83. The number of unbranched alkanes of at least 4 members (excludes halogenated alkanes) is 1. The number of hydrogen-bond donors (Lipinski definition) is 0. The van der Waals surface area contributed by atoms with Gasteiger partial charge in [-0.1, -0.05) is 81.1 Å². The van der Waals surface area contributed by atoms with Crippen LogP contribution in [0.25, 0.3) is 0 Å². The Morgan fingerprint density at radius 3 is 1.97 bits per heavy atom. The van der Waals surface area contributed by atoms with Gasteiger partial charge in [-0.15, -0.1) is 0 Å². The molecule has 190 valence electrons. The van der Waals surface area contributed by atoms with Crippen LogP contribution < -0.4 is 0 Å². The predicted molar refractivity (Wildman–Crippen MR) is 143 cm³/mol. The van der Waals surface area contributed by atoms with Crippen LogP contribution in [0.4, 0.5) is 0 Å². The van der Waals surface area contributed by atoms with Crippen LogP contribution in [0.3, 0.4) is 0 Å². The second-order valence-corrected chi connectivity index (χ2v) is 15.9. The molecule has 0 bridgehead atoms. The lowest BCUT2D eigenvalue weighted by molar-refractivity contribution is -0.241. The van der Waals surface area contributed by atoms with Gasteiger partial charge in [-0.05, 0) is 127 Å². The molecule has 5 fully saturated rings. The second-order valence-electron chi connectivity index (χ2n) is 15.9. The van der Waals surface area contributed by atoms with Crippen molar-refractivity contribution in [3.05, 3.63) is 0 Å². The zero-order valence-electron chi connectivity index (χ0n) is 23.9. The summed E-state index contributed by atoms with van der Waals surface area (Å²) < 4.78 is 0. The fourth-order valence-corrected chi connectivity index (χ4v) is 12.8. The third kappa shape index (κ3) is 3.26. The van der Waals surface area contributed by atoms with Crippen molar-refractivity contribution in [1.29, 1.82) is 0 Å². The van der Waals surface area contributed by atoms with E-state index in [4.69, 9.17) is 0 Å².